The molecule has 14 heteroatoms. The summed E-state index contributed by atoms with van der Waals surface area (Å²) >= 11 is 0. The second-order valence-corrected chi connectivity index (χ2v) is 15.4. The average Bonchev–Trinajstić information content (AvgIpc) is 3.40. The maximum Gasteiger partial charge on any atom is 0.319 e. The number of aryl methyl sites for hydroxylation is 2. The number of aromatic nitrogens is 1. The van der Waals surface area contributed by atoms with Crippen molar-refractivity contribution in [1.82, 2.24) is 19.7 Å². The fraction of sp³-hybridized carbons (Fsp3) is 0.676. The minimum absolute atomic E-state index is 0.0311. The molecule has 1 aromatic carbocycles. The zero-order valence-electron chi connectivity index (χ0n) is 29.2. The summed E-state index contributed by atoms with van der Waals surface area (Å²) in [5.74, 6) is -0.111. The van der Waals surface area contributed by atoms with Gasteiger partial charge in [-0.1, -0.05) is 31.3 Å². The number of hydrogen-bond acceptors (Lipinski definition) is 9. The third kappa shape index (κ3) is 9.48. The summed E-state index contributed by atoms with van der Waals surface area (Å²) in [4.78, 5) is 28.9. The number of hydrogen-bond donors (Lipinski definition) is 3. The van der Waals surface area contributed by atoms with Gasteiger partial charge in [-0.3, -0.25) is 4.79 Å². The van der Waals surface area contributed by atoms with E-state index in [0.29, 0.717) is 24.5 Å². The van der Waals surface area contributed by atoms with Crippen molar-refractivity contribution in [3.8, 4) is 5.75 Å². The molecule has 0 spiro atoms. The van der Waals surface area contributed by atoms with Crippen LogP contribution in [-0.4, -0.2) is 97.5 Å². The Hall–Kier alpha value is -3.20. The lowest BCUT2D eigenvalue weighted by molar-refractivity contribution is -0.00835. The molecule has 2 aromatic rings. The van der Waals surface area contributed by atoms with E-state index in [0.717, 1.165) is 38.5 Å². The number of benzene rings is 1. The topological polar surface area (TPSA) is 164 Å². The molecular weight excluding hydrogens is 638 g/mol. The standard InChI is InChI=1S/C34H53N5O8S/c1-22-19-39(23(2)21-40)33(41)29-18-28(36-34(42)35-27-13-8-7-9-14-27)15-16-30(29)46-24(3)12-10-11-17-45-31(22)20-38(6)48(43,44)32-25(4)37-47-26(32)5/h15-16,18,22-24,27,31,40H,7-14,17,19-21H2,1-6H3,(H2,35,36,42)/t22-,23+,24+,31+/m0/s1. The Kier molecular flexibility index (Phi) is 13.3. The molecule has 0 unspecified atom stereocenters. The van der Waals surface area contributed by atoms with Gasteiger partial charge in [0, 0.05) is 44.4 Å². The highest BCUT2D eigenvalue weighted by molar-refractivity contribution is 7.89. The van der Waals surface area contributed by atoms with E-state index in [-0.39, 0.29) is 71.6 Å². The number of amides is 3. The van der Waals surface area contributed by atoms with Crippen molar-refractivity contribution < 1.29 is 37.1 Å². The summed E-state index contributed by atoms with van der Waals surface area (Å²) in [6.45, 7) is 9.06. The Labute approximate surface area is 284 Å². The average molecular weight is 692 g/mol. The lowest BCUT2D eigenvalue weighted by Crippen LogP contribution is -2.48. The van der Waals surface area contributed by atoms with Crippen LogP contribution in [0.3, 0.4) is 0 Å². The van der Waals surface area contributed by atoms with E-state index < -0.39 is 22.2 Å². The largest absolute Gasteiger partial charge is 0.490 e. The van der Waals surface area contributed by atoms with Crippen molar-refractivity contribution in [3.63, 3.8) is 0 Å². The quantitative estimate of drug-likeness (QED) is 0.351. The molecule has 1 aliphatic carbocycles. The van der Waals surface area contributed by atoms with Gasteiger partial charge in [-0.05, 0) is 78.0 Å². The van der Waals surface area contributed by atoms with Crippen molar-refractivity contribution in [2.45, 2.75) is 115 Å². The number of aliphatic hydroxyl groups excluding tert-OH is 1. The molecule has 268 valence electrons. The van der Waals surface area contributed by atoms with Crippen LogP contribution >= 0.6 is 0 Å². The summed E-state index contributed by atoms with van der Waals surface area (Å²) in [7, 11) is -2.44. The van der Waals surface area contributed by atoms with Crippen molar-refractivity contribution in [1.29, 1.82) is 0 Å². The first-order valence-corrected chi connectivity index (χ1v) is 18.6. The van der Waals surface area contributed by atoms with Gasteiger partial charge in [0.2, 0.25) is 10.0 Å². The van der Waals surface area contributed by atoms with Crippen molar-refractivity contribution in [2.24, 2.45) is 5.92 Å². The Morgan fingerprint density at radius 1 is 1.12 bits per heavy atom. The second kappa shape index (κ2) is 17.0. The van der Waals surface area contributed by atoms with Gasteiger partial charge in [-0.25, -0.2) is 13.2 Å². The van der Waals surface area contributed by atoms with Crippen LogP contribution in [0.4, 0.5) is 10.5 Å². The number of nitrogens with zero attached hydrogens (tertiary/aromatic N) is 3. The number of carbonyl (C=O) groups excluding carboxylic acids is 2. The predicted molar refractivity (Wildman–Crippen MR) is 182 cm³/mol. The summed E-state index contributed by atoms with van der Waals surface area (Å²) in [5.41, 5.74) is 0.991. The van der Waals surface area contributed by atoms with Crippen LogP contribution in [0.15, 0.2) is 27.6 Å². The maximum atomic E-state index is 14.4. The summed E-state index contributed by atoms with van der Waals surface area (Å²) < 4.78 is 46.1. The molecule has 1 aromatic heterocycles. The van der Waals surface area contributed by atoms with E-state index in [9.17, 15) is 23.1 Å². The highest BCUT2D eigenvalue weighted by Gasteiger charge is 2.34. The molecule has 0 radical (unpaired) electrons. The third-order valence-electron chi connectivity index (χ3n) is 9.32. The molecule has 48 heavy (non-hydrogen) atoms. The lowest BCUT2D eigenvalue weighted by atomic mass is 9.96. The monoisotopic (exact) mass is 691 g/mol. The predicted octanol–water partition coefficient (Wildman–Crippen LogP) is 4.86. The van der Waals surface area contributed by atoms with Crippen LogP contribution in [0, 0.1) is 19.8 Å². The van der Waals surface area contributed by atoms with Crippen LogP contribution in [0.1, 0.15) is 93.9 Å². The number of nitrogens with one attached hydrogen (secondary N) is 2. The van der Waals surface area contributed by atoms with Gasteiger partial charge in [0.25, 0.3) is 5.91 Å². The van der Waals surface area contributed by atoms with Gasteiger partial charge in [0.15, 0.2) is 5.76 Å². The van der Waals surface area contributed by atoms with Gasteiger partial charge < -0.3 is 34.6 Å². The van der Waals surface area contributed by atoms with Gasteiger partial charge in [-0.15, -0.1) is 0 Å². The van der Waals surface area contributed by atoms with Crippen LogP contribution in [0.5, 0.6) is 5.75 Å². The third-order valence-corrected chi connectivity index (χ3v) is 11.4. The summed E-state index contributed by atoms with van der Waals surface area (Å²) in [5, 5.41) is 20.0. The van der Waals surface area contributed by atoms with Gasteiger partial charge in [0.05, 0.1) is 30.4 Å². The highest BCUT2D eigenvalue weighted by atomic mass is 32.2. The molecule has 2 aliphatic rings. The number of likely N-dealkylation sites (N-methyl/N-ethyl adjacent to an activating group) is 1. The number of fused-ring (bicyclic) bond motifs is 1. The SMILES string of the molecule is Cc1noc(C)c1S(=O)(=O)N(C)C[C@H]1OCCCC[C@@H](C)Oc2ccc(NC(=O)NC3CCCCC3)cc2C(=O)N([C@H](C)CO)C[C@@H]1C. The number of carbonyl (C=O) groups is 2. The van der Waals surface area contributed by atoms with E-state index in [2.05, 4.69) is 15.8 Å². The fourth-order valence-electron chi connectivity index (χ4n) is 6.41. The van der Waals surface area contributed by atoms with Crippen LogP contribution in [0.2, 0.25) is 0 Å². The molecule has 2 heterocycles. The normalized spacial score (nSPS) is 22.8. The molecule has 1 fully saturated rings. The van der Waals surface area contributed by atoms with Crippen molar-refractivity contribution in [3.05, 3.63) is 35.2 Å². The minimum atomic E-state index is -3.94. The first kappa shape index (κ1) is 37.6. The lowest BCUT2D eigenvalue weighted by Gasteiger charge is -2.35. The van der Waals surface area contributed by atoms with Crippen molar-refractivity contribution in [2.75, 3.05) is 38.7 Å². The van der Waals surface area contributed by atoms with Crippen LogP contribution < -0.4 is 15.4 Å². The number of sulfonamides is 1. The molecule has 4 rings (SSSR count). The smallest absolute Gasteiger partial charge is 0.319 e. The molecule has 0 saturated heterocycles. The van der Waals surface area contributed by atoms with E-state index in [1.54, 1.807) is 43.9 Å². The van der Waals surface area contributed by atoms with E-state index in [1.807, 2.05) is 13.8 Å². The zero-order chi connectivity index (χ0) is 35.0. The molecule has 3 N–H and O–H groups in total. The van der Waals surface area contributed by atoms with E-state index in [1.165, 1.54) is 17.8 Å². The molecule has 1 saturated carbocycles. The summed E-state index contributed by atoms with van der Waals surface area (Å²) in [6, 6.07) is 4.28. The van der Waals surface area contributed by atoms with Gasteiger partial charge in [0.1, 0.15) is 16.3 Å². The van der Waals surface area contributed by atoms with E-state index >= 15 is 0 Å². The molecule has 3 amide bonds. The number of rotatable bonds is 8. The first-order valence-electron chi connectivity index (χ1n) is 17.1. The maximum absolute atomic E-state index is 14.4. The molecule has 13 nitrogen and oxygen atoms in total. The van der Waals surface area contributed by atoms with E-state index in [4.69, 9.17) is 14.0 Å². The Morgan fingerprint density at radius 3 is 2.50 bits per heavy atom. The molecular formula is C34H53N5O8S. The van der Waals surface area contributed by atoms with Gasteiger partial charge in [-0.2, -0.15) is 4.31 Å². The number of ether oxygens (including phenoxy) is 2. The number of urea groups is 1. The zero-order valence-corrected chi connectivity index (χ0v) is 30.0. The van der Waals surface area contributed by atoms with Crippen LogP contribution in [0.25, 0.3) is 0 Å². The first-order chi connectivity index (χ1) is 22.8. The molecule has 0 bridgehead atoms. The second-order valence-electron chi connectivity index (χ2n) is 13.4. The van der Waals surface area contributed by atoms with Gasteiger partial charge >= 0.3 is 6.03 Å². The molecule has 4 atom stereocenters. The summed E-state index contributed by atoms with van der Waals surface area (Å²) in [6.07, 6.45) is 6.70. The molecule has 1 aliphatic heterocycles. The minimum Gasteiger partial charge on any atom is -0.490 e. The van der Waals surface area contributed by atoms with Crippen LogP contribution in [-0.2, 0) is 14.8 Å². The van der Waals surface area contributed by atoms with Crippen molar-refractivity contribution >= 4 is 27.6 Å². The number of aliphatic hydroxyl groups is 1. The number of anilines is 1. The Bertz CT molecular complexity index is 1470. The fourth-order valence-corrected chi connectivity index (χ4v) is 7.88. The Morgan fingerprint density at radius 2 is 1.83 bits per heavy atom. The highest BCUT2D eigenvalue weighted by Crippen LogP contribution is 2.29. The Balaban J connectivity index is 1.61.